The maximum Gasteiger partial charge on any atom is 0.295 e. The van der Waals surface area contributed by atoms with E-state index in [4.69, 9.17) is 9.47 Å². The summed E-state index contributed by atoms with van der Waals surface area (Å²) in [4.78, 5) is 17.5. The molecule has 0 aliphatic carbocycles. The Bertz CT molecular complexity index is 1220. The van der Waals surface area contributed by atoms with Crippen LogP contribution in [-0.2, 0) is 0 Å². The molecule has 8 heteroatoms. The van der Waals surface area contributed by atoms with Crippen LogP contribution in [0.4, 0.5) is 5.69 Å². The Morgan fingerprint density at radius 3 is 2.03 bits per heavy atom. The number of rotatable bonds is 8. The van der Waals surface area contributed by atoms with Crippen molar-refractivity contribution in [1.29, 1.82) is 0 Å². The maximum atomic E-state index is 12.9. The second-order valence-electron chi connectivity index (χ2n) is 7.02. The molecule has 1 amide bonds. The van der Waals surface area contributed by atoms with E-state index in [1.807, 2.05) is 62.4 Å². The van der Waals surface area contributed by atoms with Gasteiger partial charge in [-0.3, -0.25) is 4.79 Å². The number of benzene rings is 3. The van der Waals surface area contributed by atoms with E-state index in [0.29, 0.717) is 24.7 Å². The zero-order chi connectivity index (χ0) is 23.2. The predicted molar refractivity (Wildman–Crippen MR) is 131 cm³/mol. The molecule has 0 radical (unpaired) electrons. The zero-order valence-electron chi connectivity index (χ0n) is 18.3. The number of halogens is 1. The molecule has 1 N–H and O–H groups in total. The lowest BCUT2D eigenvalue weighted by Crippen LogP contribution is -2.14. The predicted octanol–water partition coefficient (Wildman–Crippen LogP) is 5.75. The van der Waals surface area contributed by atoms with Gasteiger partial charge in [0.05, 0.1) is 18.9 Å². The van der Waals surface area contributed by atoms with Crippen molar-refractivity contribution < 1.29 is 14.3 Å². The number of carbonyl (C=O) groups is 1. The number of amides is 1. The molecule has 4 aromatic rings. The minimum absolute atomic E-state index is 0.0655. The summed E-state index contributed by atoms with van der Waals surface area (Å²) >= 11 is 3.45. The number of anilines is 1. The molecule has 0 aliphatic heterocycles. The smallest absolute Gasteiger partial charge is 0.295 e. The first-order valence-corrected chi connectivity index (χ1v) is 11.4. The lowest BCUT2D eigenvalue weighted by molar-refractivity contribution is 0.101. The largest absolute Gasteiger partial charge is 0.494 e. The molecule has 0 bridgehead atoms. The van der Waals surface area contributed by atoms with Crippen LogP contribution < -0.4 is 14.8 Å². The molecule has 33 heavy (non-hydrogen) atoms. The Kier molecular flexibility index (Phi) is 7.04. The van der Waals surface area contributed by atoms with Gasteiger partial charge in [-0.1, -0.05) is 28.1 Å². The molecule has 0 saturated carbocycles. The fourth-order valence-corrected chi connectivity index (χ4v) is 3.48. The molecule has 7 nitrogen and oxygen atoms in total. The second kappa shape index (κ2) is 10.3. The van der Waals surface area contributed by atoms with Crippen molar-refractivity contribution in [3.05, 3.63) is 83.1 Å². The van der Waals surface area contributed by atoms with Crippen molar-refractivity contribution in [3.63, 3.8) is 0 Å². The quantitative estimate of drug-likeness (QED) is 0.329. The number of hydrogen-bond donors (Lipinski definition) is 1. The monoisotopic (exact) mass is 506 g/mol. The van der Waals surface area contributed by atoms with Crippen molar-refractivity contribution in [2.45, 2.75) is 13.8 Å². The number of aromatic nitrogens is 3. The first-order chi connectivity index (χ1) is 16.1. The second-order valence-corrected chi connectivity index (χ2v) is 7.93. The van der Waals surface area contributed by atoms with E-state index >= 15 is 0 Å². The number of nitrogens with one attached hydrogen (secondary N) is 1. The Balaban J connectivity index is 1.66. The summed E-state index contributed by atoms with van der Waals surface area (Å²) < 4.78 is 13.6. The molecule has 168 valence electrons. The van der Waals surface area contributed by atoms with Crippen molar-refractivity contribution in [2.75, 3.05) is 18.5 Å². The van der Waals surface area contributed by atoms with Gasteiger partial charge in [-0.2, -0.15) is 0 Å². The van der Waals surface area contributed by atoms with Crippen LogP contribution in [0, 0.1) is 0 Å². The molecule has 1 aromatic heterocycles. The number of carbonyl (C=O) groups excluding carboxylic acids is 1. The third-order valence-corrected chi connectivity index (χ3v) is 5.26. The fraction of sp³-hybridized carbons (Fsp3) is 0.160. The average Bonchev–Trinajstić information content (AvgIpc) is 3.27. The van der Waals surface area contributed by atoms with Crippen LogP contribution in [0.1, 0.15) is 24.5 Å². The zero-order valence-corrected chi connectivity index (χ0v) is 19.9. The van der Waals surface area contributed by atoms with Gasteiger partial charge in [-0.15, -0.1) is 5.10 Å². The van der Waals surface area contributed by atoms with Crippen molar-refractivity contribution in [2.24, 2.45) is 0 Å². The summed E-state index contributed by atoms with van der Waals surface area (Å²) in [6.07, 6.45) is 0. The van der Waals surface area contributed by atoms with E-state index in [2.05, 4.69) is 31.3 Å². The normalized spacial score (nSPS) is 10.6. The maximum absolute atomic E-state index is 12.9. The number of hydrogen-bond acceptors (Lipinski definition) is 5. The van der Waals surface area contributed by atoms with Gasteiger partial charge in [0, 0.05) is 15.7 Å². The van der Waals surface area contributed by atoms with E-state index in [-0.39, 0.29) is 5.82 Å². The van der Waals surface area contributed by atoms with Crippen LogP contribution in [0.15, 0.2) is 77.3 Å². The van der Waals surface area contributed by atoms with Crippen LogP contribution in [-0.4, -0.2) is 33.9 Å². The third kappa shape index (κ3) is 5.40. The molecule has 4 rings (SSSR count). The standard InChI is InChI=1S/C25H23BrN4O3/c1-3-32-21-13-9-19(10-14-21)27-25(31)23-28-24(17-5-7-18(26)8-6-17)30(29-23)20-11-15-22(16-12-20)33-4-2/h5-16H,3-4H2,1-2H3,(H,27,31). The molecule has 0 saturated heterocycles. The van der Waals surface area contributed by atoms with E-state index in [0.717, 1.165) is 27.2 Å². The summed E-state index contributed by atoms with van der Waals surface area (Å²) in [6.45, 7) is 5.03. The molecule has 0 aliphatic rings. The van der Waals surface area contributed by atoms with Crippen molar-refractivity contribution in [1.82, 2.24) is 14.8 Å². The van der Waals surface area contributed by atoms with Crippen LogP contribution in [0.25, 0.3) is 17.1 Å². The SMILES string of the molecule is CCOc1ccc(NC(=O)c2nc(-c3ccc(Br)cc3)n(-c3ccc(OCC)cc3)n2)cc1. The van der Waals surface area contributed by atoms with Gasteiger partial charge < -0.3 is 14.8 Å². The molecule has 3 aromatic carbocycles. The van der Waals surface area contributed by atoms with Crippen molar-refractivity contribution in [3.8, 4) is 28.6 Å². The Morgan fingerprint density at radius 1 is 0.879 bits per heavy atom. The lowest BCUT2D eigenvalue weighted by Gasteiger charge is -2.08. The van der Waals surface area contributed by atoms with Gasteiger partial charge in [0.15, 0.2) is 5.82 Å². The first-order valence-electron chi connectivity index (χ1n) is 10.6. The summed E-state index contributed by atoms with van der Waals surface area (Å²) in [5.74, 6) is 1.73. The summed E-state index contributed by atoms with van der Waals surface area (Å²) in [6, 6.07) is 22.4. The summed E-state index contributed by atoms with van der Waals surface area (Å²) in [7, 11) is 0. The highest BCUT2D eigenvalue weighted by Crippen LogP contribution is 2.25. The van der Waals surface area contributed by atoms with Gasteiger partial charge in [-0.25, -0.2) is 9.67 Å². The van der Waals surface area contributed by atoms with Crippen molar-refractivity contribution >= 4 is 27.5 Å². The Morgan fingerprint density at radius 2 is 1.45 bits per heavy atom. The molecule has 0 spiro atoms. The van der Waals surface area contributed by atoms with Crippen LogP contribution in [0.2, 0.25) is 0 Å². The van der Waals surface area contributed by atoms with E-state index in [1.165, 1.54) is 0 Å². The lowest BCUT2D eigenvalue weighted by atomic mass is 10.2. The highest BCUT2D eigenvalue weighted by Gasteiger charge is 2.19. The van der Waals surface area contributed by atoms with E-state index < -0.39 is 5.91 Å². The van der Waals surface area contributed by atoms with Crippen LogP contribution in [0.3, 0.4) is 0 Å². The first kappa shape index (κ1) is 22.5. The molecule has 0 unspecified atom stereocenters. The highest BCUT2D eigenvalue weighted by molar-refractivity contribution is 9.10. The molecular weight excluding hydrogens is 484 g/mol. The summed E-state index contributed by atoms with van der Waals surface area (Å²) in [5, 5.41) is 7.36. The number of nitrogens with zero attached hydrogens (tertiary/aromatic N) is 3. The number of ether oxygens (including phenoxy) is 2. The molecular formula is C25H23BrN4O3. The van der Waals surface area contributed by atoms with E-state index in [9.17, 15) is 4.79 Å². The summed E-state index contributed by atoms with van der Waals surface area (Å²) in [5.41, 5.74) is 2.23. The van der Waals surface area contributed by atoms with Gasteiger partial charge in [0.25, 0.3) is 5.91 Å². The van der Waals surface area contributed by atoms with Gasteiger partial charge in [0.1, 0.15) is 11.5 Å². The van der Waals surface area contributed by atoms with Crippen LogP contribution in [0.5, 0.6) is 11.5 Å². The topological polar surface area (TPSA) is 78.3 Å². The van der Waals surface area contributed by atoms with Gasteiger partial charge >= 0.3 is 0 Å². The molecule has 1 heterocycles. The highest BCUT2D eigenvalue weighted by atomic mass is 79.9. The third-order valence-electron chi connectivity index (χ3n) is 4.73. The van der Waals surface area contributed by atoms with Gasteiger partial charge in [0.2, 0.25) is 5.82 Å². The van der Waals surface area contributed by atoms with E-state index in [1.54, 1.807) is 28.9 Å². The minimum Gasteiger partial charge on any atom is -0.494 e. The Hall–Kier alpha value is -3.65. The van der Waals surface area contributed by atoms with Crippen LogP contribution >= 0.6 is 15.9 Å². The Labute approximate surface area is 200 Å². The molecule has 0 fully saturated rings. The fourth-order valence-electron chi connectivity index (χ4n) is 3.21. The minimum atomic E-state index is -0.401. The van der Waals surface area contributed by atoms with Gasteiger partial charge in [-0.05, 0) is 74.5 Å². The average molecular weight is 507 g/mol. The molecule has 0 atom stereocenters.